The first-order valence-electron chi connectivity index (χ1n) is 6.53. The quantitative estimate of drug-likeness (QED) is 0.613. The topological polar surface area (TPSA) is 88.0 Å². The van der Waals surface area contributed by atoms with E-state index in [2.05, 4.69) is 10.3 Å². The maximum atomic E-state index is 11.7. The molecule has 1 aromatic rings. The van der Waals surface area contributed by atoms with Gasteiger partial charge in [0.25, 0.3) is 0 Å². The molecule has 0 spiro atoms. The molecule has 22 heavy (non-hydrogen) atoms. The zero-order valence-corrected chi connectivity index (χ0v) is 13.0. The van der Waals surface area contributed by atoms with Crippen molar-refractivity contribution in [2.75, 3.05) is 19.1 Å². The molecule has 0 saturated carbocycles. The molecule has 6 nitrogen and oxygen atoms in total. The Hall–Kier alpha value is -1.63. The highest BCUT2D eigenvalue weighted by Gasteiger charge is 2.38. The number of carbonyl (C=O) groups is 2. The number of aliphatic imine (C=N–C) groups is 1. The molecule has 0 radical (unpaired) electrons. The van der Waals surface area contributed by atoms with Crippen molar-refractivity contribution in [2.45, 2.75) is 6.04 Å². The summed E-state index contributed by atoms with van der Waals surface area (Å²) >= 11 is 11.5. The number of nitrogens with zero attached hydrogens (tertiary/aromatic N) is 1. The molecule has 2 rings (SSSR count). The Labute approximate surface area is 137 Å². The lowest BCUT2D eigenvalue weighted by Gasteiger charge is -2.29. The summed E-state index contributed by atoms with van der Waals surface area (Å²) in [7, 11) is 0. The van der Waals surface area contributed by atoms with Crippen LogP contribution in [0.1, 0.15) is 11.6 Å². The monoisotopic (exact) mass is 344 g/mol. The van der Waals surface area contributed by atoms with Crippen LogP contribution in [0.5, 0.6) is 0 Å². The van der Waals surface area contributed by atoms with Crippen molar-refractivity contribution < 1.29 is 19.4 Å². The number of carboxylic acids is 1. The standard InChI is InChI=1S/C14H14Cl2N2O4/c15-4-5-22-7-10-11(13(19)20)12(18-14(21)17-10)8-2-1-3-9(16)6-8/h1-3,6,11-12H,4-5,7H2,(H,18,21)(H,19,20). The number of halogens is 2. The fraction of sp³-hybridized carbons (Fsp3) is 0.357. The van der Waals surface area contributed by atoms with Gasteiger partial charge in [-0.1, -0.05) is 23.7 Å². The van der Waals surface area contributed by atoms with Gasteiger partial charge in [0.05, 0.1) is 25.0 Å². The molecular formula is C14H14Cl2N2O4. The Balaban J connectivity index is 2.31. The number of ether oxygens (including phenoxy) is 1. The molecule has 1 aliphatic heterocycles. The maximum absolute atomic E-state index is 11.7. The molecule has 0 saturated heterocycles. The molecule has 0 bridgehead atoms. The van der Waals surface area contributed by atoms with E-state index in [1.807, 2.05) is 0 Å². The van der Waals surface area contributed by atoms with Crippen molar-refractivity contribution in [2.24, 2.45) is 10.9 Å². The number of benzene rings is 1. The van der Waals surface area contributed by atoms with Crippen LogP contribution in [0, 0.1) is 5.92 Å². The maximum Gasteiger partial charge on any atom is 0.341 e. The molecule has 2 amide bonds. The molecule has 2 N–H and O–H groups in total. The van der Waals surface area contributed by atoms with Crippen molar-refractivity contribution >= 4 is 40.9 Å². The van der Waals surface area contributed by atoms with Gasteiger partial charge in [-0.25, -0.2) is 4.79 Å². The summed E-state index contributed by atoms with van der Waals surface area (Å²) in [5.41, 5.74) is 0.754. The predicted octanol–water partition coefficient (Wildman–Crippen LogP) is 2.50. The van der Waals surface area contributed by atoms with Gasteiger partial charge in [0, 0.05) is 10.9 Å². The third kappa shape index (κ3) is 3.97. The summed E-state index contributed by atoms with van der Waals surface area (Å²) in [4.78, 5) is 27.1. The van der Waals surface area contributed by atoms with Crippen LogP contribution >= 0.6 is 23.2 Å². The first kappa shape index (κ1) is 16.7. The molecule has 118 valence electrons. The third-order valence-electron chi connectivity index (χ3n) is 3.16. The molecule has 1 aromatic carbocycles. The lowest BCUT2D eigenvalue weighted by atomic mass is 9.88. The zero-order valence-electron chi connectivity index (χ0n) is 11.5. The molecule has 1 aliphatic rings. The van der Waals surface area contributed by atoms with E-state index >= 15 is 0 Å². The van der Waals surface area contributed by atoms with E-state index in [4.69, 9.17) is 27.9 Å². The van der Waals surface area contributed by atoms with Gasteiger partial charge in [-0.05, 0) is 17.7 Å². The summed E-state index contributed by atoms with van der Waals surface area (Å²) in [5.74, 6) is -1.85. The molecule has 0 fully saturated rings. The molecular weight excluding hydrogens is 331 g/mol. The number of carbonyl (C=O) groups excluding carboxylic acids is 1. The van der Waals surface area contributed by atoms with Gasteiger partial charge in [0.2, 0.25) is 0 Å². The Morgan fingerprint density at radius 2 is 2.23 bits per heavy atom. The molecule has 0 aliphatic carbocycles. The van der Waals surface area contributed by atoms with Gasteiger partial charge in [0.15, 0.2) is 0 Å². The second kappa shape index (κ2) is 7.58. The largest absolute Gasteiger partial charge is 0.481 e. The number of hydrogen-bond donors (Lipinski definition) is 2. The normalized spacial score (nSPS) is 21.2. The van der Waals surface area contributed by atoms with Gasteiger partial charge in [-0.3, -0.25) is 4.79 Å². The summed E-state index contributed by atoms with van der Waals surface area (Å²) in [5, 5.41) is 12.5. The minimum atomic E-state index is -1.10. The minimum absolute atomic E-state index is 0.0613. The molecule has 2 atom stereocenters. The van der Waals surface area contributed by atoms with Crippen LogP contribution in [0.3, 0.4) is 0 Å². The highest BCUT2D eigenvalue weighted by atomic mass is 35.5. The van der Waals surface area contributed by atoms with Crippen molar-refractivity contribution in [3.8, 4) is 0 Å². The van der Waals surface area contributed by atoms with E-state index in [0.29, 0.717) is 10.6 Å². The first-order valence-corrected chi connectivity index (χ1v) is 7.44. The van der Waals surface area contributed by atoms with Crippen LogP contribution in [0.2, 0.25) is 5.02 Å². The Morgan fingerprint density at radius 1 is 1.45 bits per heavy atom. The van der Waals surface area contributed by atoms with Crippen molar-refractivity contribution in [3.05, 3.63) is 34.9 Å². The second-order valence-electron chi connectivity index (χ2n) is 4.64. The van der Waals surface area contributed by atoms with Crippen LogP contribution in [-0.2, 0) is 9.53 Å². The smallest absolute Gasteiger partial charge is 0.341 e. The van der Waals surface area contributed by atoms with Crippen LogP contribution in [0.15, 0.2) is 29.3 Å². The lowest BCUT2D eigenvalue weighted by Crippen LogP contribution is -2.46. The van der Waals surface area contributed by atoms with Gasteiger partial charge in [-0.2, -0.15) is 4.99 Å². The van der Waals surface area contributed by atoms with Gasteiger partial charge < -0.3 is 15.2 Å². The SMILES string of the molecule is O=C1N=C(COCCCl)C(C(=O)O)C(c2cccc(Cl)c2)N1. The summed E-state index contributed by atoms with van der Waals surface area (Å²) in [6.45, 7) is 0.185. The van der Waals surface area contributed by atoms with E-state index in [1.165, 1.54) is 0 Å². The van der Waals surface area contributed by atoms with E-state index in [9.17, 15) is 14.7 Å². The number of nitrogens with one attached hydrogen (secondary N) is 1. The fourth-order valence-electron chi connectivity index (χ4n) is 2.26. The fourth-order valence-corrected chi connectivity index (χ4v) is 2.56. The van der Waals surface area contributed by atoms with Crippen LogP contribution in [0.4, 0.5) is 4.79 Å². The molecule has 1 heterocycles. The number of rotatable bonds is 6. The van der Waals surface area contributed by atoms with E-state index in [-0.39, 0.29) is 24.8 Å². The van der Waals surface area contributed by atoms with Crippen molar-refractivity contribution in [1.29, 1.82) is 0 Å². The Kier molecular flexibility index (Phi) is 5.76. The second-order valence-corrected chi connectivity index (χ2v) is 5.46. The number of urea groups is 1. The molecule has 0 aromatic heterocycles. The minimum Gasteiger partial charge on any atom is -0.481 e. The number of aliphatic carboxylic acids is 1. The van der Waals surface area contributed by atoms with Gasteiger partial charge in [-0.15, -0.1) is 11.6 Å². The molecule has 2 unspecified atom stereocenters. The highest BCUT2D eigenvalue weighted by Crippen LogP contribution is 2.29. The van der Waals surface area contributed by atoms with E-state index in [1.54, 1.807) is 24.3 Å². The number of amides is 2. The Morgan fingerprint density at radius 3 is 2.86 bits per heavy atom. The summed E-state index contributed by atoms with van der Waals surface area (Å²) < 4.78 is 5.23. The lowest BCUT2D eigenvalue weighted by molar-refractivity contribution is -0.140. The Bertz CT molecular complexity index is 606. The predicted molar refractivity (Wildman–Crippen MR) is 82.8 cm³/mol. The first-order chi connectivity index (χ1) is 10.5. The average Bonchev–Trinajstić information content (AvgIpc) is 2.46. The average molecular weight is 345 g/mol. The summed E-state index contributed by atoms with van der Waals surface area (Å²) in [6, 6.07) is 5.32. The van der Waals surface area contributed by atoms with Crippen LogP contribution < -0.4 is 5.32 Å². The van der Waals surface area contributed by atoms with E-state index in [0.717, 1.165) is 0 Å². The number of alkyl halides is 1. The van der Waals surface area contributed by atoms with Gasteiger partial charge in [0.1, 0.15) is 5.92 Å². The third-order valence-corrected chi connectivity index (χ3v) is 3.55. The highest BCUT2D eigenvalue weighted by molar-refractivity contribution is 6.30. The van der Waals surface area contributed by atoms with Crippen LogP contribution in [0.25, 0.3) is 0 Å². The zero-order chi connectivity index (χ0) is 16.1. The van der Waals surface area contributed by atoms with Crippen molar-refractivity contribution in [1.82, 2.24) is 5.32 Å². The molecule has 8 heteroatoms. The van der Waals surface area contributed by atoms with Crippen LogP contribution in [-0.4, -0.2) is 41.9 Å². The van der Waals surface area contributed by atoms with Crippen molar-refractivity contribution in [3.63, 3.8) is 0 Å². The number of hydrogen-bond acceptors (Lipinski definition) is 3. The summed E-state index contributed by atoms with van der Waals surface area (Å²) in [6.07, 6.45) is 0. The number of carboxylic acid groups (broad SMARTS) is 1. The van der Waals surface area contributed by atoms with Gasteiger partial charge >= 0.3 is 12.0 Å². The van der Waals surface area contributed by atoms with E-state index < -0.39 is 24.0 Å².